The number of carbonyl (C=O) groups excluding carboxylic acids is 1. The molecule has 6 heteroatoms. The van der Waals surface area contributed by atoms with Gasteiger partial charge in [-0.15, -0.1) is 0 Å². The van der Waals surface area contributed by atoms with E-state index in [1.807, 2.05) is 30.3 Å². The zero-order chi connectivity index (χ0) is 23.9. The molecule has 0 radical (unpaired) electrons. The molecule has 0 atom stereocenters. The van der Waals surface area contributed by atoms with Crippen LogP contribution < -0.4 is 14.8 Å². The first-order chi connectivity index (χ1) is 16.6. The van der Waals surface area contributed by atoms with Gasteiger partial charge in [-0.1, -0.05) is 48.0 Å². The number of aromatic nitrogens is 2. The van der Waals surface area contributed by atoms with Gasteiger partial charge in [0.2, 0.25) is 5.91 Å². The van der Waals surface area contributed by atoms with Crippen molar-refractivity contribution in [2.24, 2.45) is 0 Å². The highest BCUT2D eigenvalue weighted by atomic mass is 16.5. The summed E-state index contributed by atoms with van der Waals surface area (Å²) in [5.74, 6) is 2.30. The maximum atomic E-state index is 12.5. The summed E-state index contributed by atoms with van der Waals surface area (Å²) in [7, 11) is 3.19. The molecule has 0 aliphatic carbocycles. The van der Waals surface area contributed by atoms with Crippen LogP contribution in [0.1, 0.15) is 28.9 Å². The van der Waals surface area contributed by atoms with Crippen LogP contribution in [-0.2, 0) is 24.2 Å². The average Bonchev–Trinajstić information content (AvgIpc) is 3.20. The molecule has 1 amide bonds. The van der Waals surface area contributed by atoms with E-state index in [4.69, 9.17) is 14.5 Å². The number of fused-ring (bicyclic) bond motifs is 1. The van der Waals surface area contributed by atoms with Gasteiger partial charge in [-0.3, -0.25) is 4.79 Å². The second-order valence-corrected chi connectivity index (χ2v) is 8.41. The highest BCUT2D eigenvalue weighted by molar-refractivity contribution is 5.79. The minimum atomic E-state index is -0.0135. The number of amides is 1. The van der Waals surface area contributed by atoms with Gasteiger partial charge in [0.25, 0.3) is 0 Å². The quantitative estimate of drug-likeness (QED) is 0.351. The second-order valence-electron chi connectivity index (χ2n) is 8.41. The van der Waals surface area contributed by atoms with Crippen LogP contribution in [0, 0.1) is 6.92 Å². The number of hydrogen-bond donors (Lipinski definition) is 1. The molecule has 0 saturated carbocycles. The number of rotatable bonds is 10. The standard InChI is InChI=1S/C28H31N3O3/c1-20-10-12-21(13-11-20)19-31-24-8-5-4-7-23(24)30-27(31)9-6-16-29-28(32)18-22-14-15-25(33-2)26(17-22)34-3/h4-5,7-8,10-15,17H,6,9,16,18-19H2,1-3H3,(H,29,32). The first-order valence-electron chi connectivity index (χ1n) is 11.5. The monoisotopic (exact) mass is 457 g/mol. The fraction of sp³-hybridized carbons (Fsp3) is 0.286. The van der Waals surface area contributed by atoms with Crippen LogP contribution in [0.25, 0.3) is 11.0 Å². The molecule has 1 aromatic heterocycles. The minimum absolute atomic E-state index is 0.0135. The number of benzene rings is 3. The Hall–Kier alpha value is -3.80. The molecular formula is C28H31N3O3. The zero-order valence-electron chi connectivity index (χ0n) is 20.0. The third-order valence-corrected chi connectivity index (χ3v) is 5.91. The number of nitrogens with zero attached hydrogens (tertiary/aromatic N) is 2. The minimum Gasteiger partial charge on any atom is -0.493 e. The van der Waals surface area contributed by atoms with Gasteiger partial charge in [0, 0.05) is 19.5 Å². The van der Waals surface area contributed by atoms with Crippen LogP contribution in [-0.4, -0.2) is 36.2 Å². The molecule has 1 heterocycles. The van der Waals surface area contributed by atoms with Crippen LogP contribution in [0.2, 0.25) is 0 Å². The van der Waals surface area contributed by atoms with Crippen molar-refractivity contribution >= 4 is 16.9 Å². The smallest absolute Gasteiger partial charge is 0.224 e. The van der Waals surface area contributed by atoms with E-state index in [2.05, 4.69) is 53.2 Å². The van der Waals surface area contributed by atoms with Gasteiger partial charge >= 0.3 is 0 Å². The van der Waals surface area contributed by atoms with Crippen molar-refractivity contribution in [1.29, 1.82) is 0 Å². The molecule has 0 saturated heterocycles. The molecule has 176 valence electrons. The highest BCUT2D eigenvalue weighted by Crippen LogP contribution is 2.27. The molecule has 0 bridgehead atoms. The van der Waals surface area contributed by atoms with E-state index in [9.17, 15) is 4.79 Å². The Morgan fingerprint density at radius 3 is 2.44 bits per heavy atom. The molecule has 0 spiro atoms. The Labute approximate surface area is 200 Å². The third-order valence-electron chi connectivity index (χ3n) is 5.91. The van der Waals surface area contributed by atoms with Crippen molar-refractivity contribution in [1.82, 2.24) is 14.9 Å². The van der Waals surface area contributed by atoms with E-state index in [0.717, 1.165) is 41.8 Å². The van der Waals surface area contributed by atoms with Crippen molar-refractivity contribution < 1.29 is 14.3 Å². The number of methoxy groups -OCH3 is 2. The topological polar surface area (TPSA) is 65.4 Å². The van der Waals surface area contributed by atoms with Crippen molar-refractivity contribution in [3.63, 3.8) is 0 Å². The number of ether oxygens (including phenoxy) is 2. The Balaban J connectivity index is 1.36. The average molecular weight is 458 g/mol. The van der Waals surface area contributed by atoms with E-state index in [1.54, 1.807) is 14.2 Å². The lowest BCUT2D eigenvalue weighted by atomic mass is 10.1. The second kappa shape index (κ2) is 10.9. The molecule has 0 aliphatic rings. The Morgan fingerprint density at radius 1 is 0.941 bits per heavy atom. The molecule has 4 rings (SSSR count). The molecule has 0 unspecified atom stereocenters. The Bertz CT molecular complexity index is 1260. The largest absolute Gasteiger partial charge is 0.493 e. The Kier molecular flexibility index (Phi) is 7.48. The van der Waals surface area contributed by atoms with Crippen molar-refractivity contribution in [3.8, 4) is 11.5 Å². The maximum Gasteiger partial charge on any atom is 0.224 e. The lowest BCUT2D eigenvalue weighted by molar-refractivity contribution is -0.120. The molecular weight excluding hydrogens is 426 g/mol. The van der Waals surface area contributed by atoms with Crippen LogP contribution in [0.5, 0.6) is 11.5 Å². The van der Waals surface area contributed by atoms with E-state index in [0.29, 0.717) is 24.5 Å². The lowest BCUT2D eigenvalue weighted by Crippen LogP contribution is -2.26. The summed E-state index contributed by atoms with van der Waals surface area (Å²) in [6.07, 6.45) is 1.90. The van der Waals surface area contributed by atoms with Gasteiger partial charge in [0.05, 0.1) is 31.7 Å². The van der Waals surface area contributed by atoms with Crippen LogP contribution in [0.15, 0.2) is 66.7 Å². The number of imidazole rings is 1. The molecule has 3 aromatic carbocycles. The van der Waals surface area contributed by atoms with Gasteiger partial charge in [-0.25, -0.2) is 4.98 Å². The molecule has 1 N–H and O–H groups in total. The summed E-state index contributed by atoms with van der Waals surface area (Å²) in [6, 6.07) is 22.4. The van der Waals surface area contributed by atoms with Gasteiger partial charge in [0.1, 0.15) is 5.82 Å². The summed E-state index contributed by atoms with van der Waals surface area (Å²) < 4.78 is 12.9. The summed E-state index contributed by atoms with van der Waals surface area (Å²) in [4.78, 5) is 17.3. The molecule has 4 aromatic rings. The summed E-state index contributed by atoms with van der Waals surface area (Å²) in [6.45, 7) is 3.48. The fourth-order valence-corrected chi connectivity index (χ4v) is 4.08. The van der Waals surface area contributed by atoms with Crippen molar-refractivity contribution in [2.75, 3.05) is 20.8 Å². The number of carbonyl (C=O) groups is 1. The van der Waals surface area contributed by atoms with E-state index < -0.39 is 0 Å². The van der Waals surface area contributed by atoms with E-state index >= 15 is 0 Å². The summed E-state index contributed by atoms with van der Waals surface area (Å²) in [5, 5.41) is 3.03. The summed E-state index contributed by atoms with van der Waals surface area (Å²) in [5.41, 5.74) is 5.52. The normalized spacial score (nSPS) is 10.9. The number of para-hydroxylation sites is 2. The predicted molar refractivity (Wildman–Crippen MR) is 135 cm³/mol. The molecule has 0 aliphatic heterocycles. The number of aryl methyl sites for hydroxylation is 2. The lowest BCUT2D eigenvalue weighted by Gasteiger charge is -2.11. The van der Waals surface area contributed by atoms with Gasteiger partial charge in [-0.2, -0.15) is 0 Å². The third kappa shape index (κ3) is 5.57. The van der Waals surface area contributed by atoms with Gasteiger partial charge < -0.3 is 19.4 Å². The fourth-order valence-electron chi connectivity index (χ4n) is 4.08. The van der Waals surface area contributed by atoms with Crippen LogP contribution >= 0.6 is 0 Å². The SMILES string of the molecule is COc1ccc(CC(=O)NCCCc2nc3ccccc3n2Cc2ccc(C)cc2)cc1OC. The zero-order valence-corrected chi connectivity index (χ0v) is 20.0. The maximum absolute atomic E-state index is 12.5. The van der Waals surface area contributed by atoms with E-state index in [-0.39, 0.29) is 5.91 Å². The first-order valence-corrected chi connectivity index (χ1v) is 11.5. The van der Waals surface area contributed by atoms with Crippen LogP contribution in [0.4, 0.5) is 0 Å². The number of hydrogen-bond acceptors (Lipinski definition) is 4. The number of nitrogens with one attached hydrogen (secondary N) is 1. The predicted octanol–water partition coefficient (Wildman–Crippen LogP) is 4.70. The highest BCUT2D eigenvalue weighted by Gasteiger charge is 2.12. The molecule has 0 fully saturated rings. The van der Waals surface area contributed by atoms with Crippen molar-refractivity contribution in [2.45, 2.75) is 32.7 Å². The summed E-state index contributed by atoms with van der Waals surface area (Å²) >= 11 is 0. The molecule has 34 heavy (non-hydrogen) atoms. The van der Waals surface area contributed by atoms with Gasteiger partial charge in [0.15, 0.2) is 11.5 Å². The Morgan fingerprint density at radius 2 is 1.68 bits per heavy atom. The van der Waals surface area contributed by atoms with Crippen LogP contribution in [0.3, 0.4) is 0 Å². The van der Waals surface area contributed by atoms with Gasteiger partial charge in [-0.05, 0) is 48.7 Å². The molecule has 6 nitrogen and oxygen atoms in total. The first kappa shape index (κ1) is 23.4. The van der Waals surface area contributed by atoms with Crippen molar-refractivity contribution in [3.05, 3.63) is 89.2 Å². The van der Waals surface area contributed by atoms with E-state index in [1.165, 1.54) is 11.1 Å².